The van der Waals surface area contributed by atoms with Crippen LogP contribution in [0.1, 0.15) is 51.7 Å². The molecule has 1 fully saturated rings. The molecular weight excluding hydrogens is 262 g/mol. The Bertz CT molecular complexity index is 414. The van der Waals surface area contributed by atoms with Crippen LogP contribution in [0.4, 0.5) is 0 Å². The van der Waals surface area contributed by atoms with Gasteiger partial charge in [0, 0.05) is 6.61 Å². The molecule has 1 saturated heterocycles. The van der Waals surface area contributed by atoms with Gasteiger partial charge in [0.05, 0.1) is 11.4 Å². The van der Waals surface area contributed by atoms with Crippen LogP contribution in [0.3, 0.4) is 0 Å². The van der Waals surface area contributed by atoms with Gasteiger partial charge in [-0.25, -0.2) is 0 Å². The number of nitrogens with zero attached hydrogens (tertiary/aromatic N) is 2. The second kappa shape index (κ2) is 5.81. The maximum absolute atomic E-state index is 6.22. The van der Waals surface area contributed by atoms with Crippen molar-refractivity contribution in [2.24, 2.45) is 5.73 Å². The quantitative estimate of drug-likeness (QED) is 0.809. The zero-order chi connectivity index (χ0) is 13.9. The molecule has 0 amide bonds. The van der Waals surface area contributed by atoms with Crippen molar-refractivity contribution < 1.29 is 9.26 Å². The Balaban J connectivity index is 2.07. The standard InChI is InChI=1S/C13H23N3O2S/c1-4-7-17-9-12(2,14)10-15-11(18-16-10)13(3)6-5-8-19-13/h4-9,14H2,1-3H3. The van der Waals surface area contributed by atoms with E-state index in [0.717, 1.165) is 18.6 Å². The van der Waals surface area contributed by atoms with Crippen LogP contribution >= 0.6 is 11.8 Å². The second-order valence-corrected chi connectivity index (χ2v) is 7.17. The molecule has 1 aliphatic rings. The first-order valence-corrected chi connectivity index (χ1v) is 7.82. The number of thioether (sulfide) groups is 1. The van der Waals surface area contributed by atoms with Crippen LogP contribution in [-0.2, 0) is 15.0 Å². The van der Waals surface area contributed by atoms with Gasteiger partial charge in [-0.3, -0.25) is 0 Å². The lowest BCUT2D eigenvalue weighted by molar-refractivity contribution is 0.0867. The molecule has 2 unspecified atom stereocenters. The van der Waals surface area contributed by atoms with Crippen LogP contribution in [-0.4, -0.2) is 29.1 Å². The molecule has 2 N–H and O–H groups in total. The van der Waals surface area contributed by atoms with Crippen LogP contribution in [0, 0.1) is 0 Å². The zero-order valence-corrected chi connectivity index (χ0v) is 12.8. The van der Waals surface area contributed by atoms with E-state index in [1.807, 2.05) is 18.7 Å². The van der Waals surface area contributed by atoms with Gasteiger partial charge in [0.1, 0.15) is 5.54 Å². The predicted octanol–water partition coefficient (Wildman–Crippen LogP) is 2.41. The minimum atomic E-state index is -0.698. The van der Waals surface area contributed by atoms with Gasteiger partial charge in [0.25, 0.3) is 0 Å². The monoisotopic (exact) mass is 285 g/mol. The molecule has 1 aliphatic heterocycles. The van der Waals surface area contributed by atoms with Gasteiger partial charge in [0.15, 0.2) is 5.82 Å². The topological polar surface area (TPSA) is 74.2 Å². The van der Waals surface area contributed by atoms with E-state index in [9.17, 15) is 0 Å². The van der Waals surface area contributed by atoms with Crippen molar-refractivity contribution in [1.82, 2.24) is 10.1 Å². The first-order valence-electron chi connectivity index (χ1n) is 6.83. The Kier molecular flexibility index (Phi) is 4.53. The molecule has 0 saturated carbocycles. The third kappa shape index (κ3) is 3.30. The Morgan fingerprint density at radius 2 is 2.37 bits per heavy atom. The molecule has 0 spiro atoms. The molecule has 0 bridgehead atoms. The SMILES string of the molecule is CCCOCC(C)(N)c1noc(C2(C)CCCS2)n1. The van der Waals surface area contributed by atoms with Crippen LogP contribution in [0.5, 0.6) is 0 Å². The normalized spacial score (nSPS) is 26.5. The number of hydrogen-bond donors (Lipinski definition) is 1. The molecule has 19 heavy (non-hydrogen) atoms. The third-order valence-electron chi connectivity index (χ3n) is 3.36. The van der Waals surface area contributed by atoms with E-state index >= 15 is 0 Å². The lowest BCUT2D eigenvalue weighted by atomic mass is 10.0. The maximum atomic E-state index is 6.22. The highest BCUT2D eigenvalue weighted by molar-refractivity contribution is 8.00. The van der Waals surface area contributed by atoms with Gasteiger partial charge in [-0.05, 0) is 38.9 Å². The molecule has 0 aromatic carbocycles. The number of ether oxygens (including phenoxy) is 1. The Morgan fingerprint density at radius 1 is 1.58 bits per heavy atom. The summed E-state index contributed by atoms with van der Waals surface area (Å²) in [7, 11) is 0. The fraction of sp³-hybridized carbons (Fsp3) is 0.846. The summed E-state index contributed by atoms with van der Waals surface area (Å²) < 4.78 is 10.9. The van der Waals surface area contributed by atoms with Crippen molar-refractivity contribution in [2.45, 2.75) is 50.3 Å². The molecule has 108 valence electrons. The average molecular weight is 285 g/mol. The Hall–Kier alpha value is -0.590. The zero-order valence-electron chi connectivity index (χ0n) is 11.9. The number of hydrogen-bond acceptors (Lipinski definition) is 6. The summed E-state index contributed by atoms with van der Waals surface area (Å²) in [4.78, 5) is 4.51. The van der Waals surface area contributed by atoms with Crippen molar-refractivity contribution in [1.29, 1.82) is 0 Å². The summed E-state index contributed by atoms with van der Waals surface area (Å²) >= 11 is 1.87. The van der Waals surface area contributed by atoms with E-state index < -0.39 is 5.54 Å². The summed E-state index contributed by atoms with van der Waals surface area (Å²) in [6.07, 6.45) is 3.24. The highest BCUT2D eigenvalue weighted by Gasteiger charge is 2.38. The smallest absolute Gasteiger partial charge is 0.242 e. The highest BCUT2D eigenvalue weighted by Crippen LogP contribution is 2.45. The number of nitrogens with two attached hydrogens (primary N) is 1. The molecule has 2 rings (SSSR count). The summed E-state index contributed by atoms with van der Waals surface area (Å²) in [5, 5.41) is 4.05. The first-order chi connectivity index (χ1) is 8.98. The second-order valence-electron chi connectivity index (χ2n) is 5.58. The molecule has 0 aliphatic carbocycles. The van der Waals surface area contributed by atoms with Gasteiger partial charge in [-0.2, -0.15) is 4.98 Å². The summed E-state index contributed by atoms with van der Waals surface area (Å²) in [5.74, 6) is 2.37. The van der Waals surface area contributed by atoms with Gasteiger partial charge >= 0.3 is 0 Å². The highest BCUT2D eigenvalue weighted by atomic mass is 32.2. The molecular formula is C13H23N3O2S. The van der Waals surface area contributed by atoms with Crippen LogP contribution < -0.4 is 5.73 Å². The lowest BCUT2D eigenvalue weighted by Crippen LogP contribution is -2.39. The molecule has 5 nitrogen and oxygen atoms in total. The van der Waals surface area contributed by atoms with Crippen molar-refractivity contribution in [3.05, 3.63) is 11.7 Å². The Labute approximate surface area is 118 Å². The average Bonchev–Trinajstić information content (AvgIpc) is 2.98. The van der Waals surface area contributed by atoms with E-state index in [2.05, 4.69) is 24.0 Å². The summed E-state index contributed by atoms with van der Waals surface area (Å²) in [6.45, 7) is 7.21. The summed E-state index contributed by atoms with van der Waals surface area (Å²) in [6, 6.07) is 0. The van der Waals surface area contributed by atoms with Gasteiger partial charge < -0.3 is 15.0 Å². The van der Waals surface area contributed by atoms with Gasteiger partial charge in [0.2, 0.25) is 5.89 Å². The van der Waals surface area contributed by atoms with E-state index in [-0.39, 0.29) is 4.75 Å². The largest absolute Gasteiger partial charge is 0.379 e. The first kappa shape index (κ1) is 14.8. The minimum absolute atomic E-state index is 0.0500. The fourth-order valence-corrected chi connectivity index (χ4v) is 3.35. The van der Waals surface area contributed by atoms with Gasteiger partial charge in [-0.15, -0.1) is 11.8 Å². The third-order valence-corrected chi connectivity index (χ3v) is 4.87. The minimum Gasteiger partial charge on any atom is -0.379 e. The van der Waals surface area contributed by atoms with E-state index in [1.165, 1.54) is 6.42 Å². The van der Waals surface area contributed by atoms with Crippen molar-refractivity contribution in [3.8, 4) is 0 Å². The molecule has 6 heteroatoms. The van der Waals surface area contributed by atoms with Crippen LogP contribution in [0.15, 0.2) is 4.52 Å². The molecule has 1 aromatic heterocycles. The van der Waals surface area contributed by atoms with E-state index in [4.69, 9.17) is 15.0 Å². The lowest BCUT2D eigenvalue weighted by Gasteiger charge is -2.20. The molecule has 0 radical (unpaired) electrons. The Morgan fingerprint density at radius 3 is 3.00 bits per heavy atom. The van der Waals surface area contributed by atoms with E-state index in [1.54, 1.807) is 0 Å². The number of aromatic nitrogens is 2. The predicted molar refractivity (Wildman–Crippen MR) is 76.0 cm³/mol. The van der Waals surface area contributed by atoms with E-state index in [0.29, 0.717) is 24.9 Å². The molecule has 1 aromatic rings. The number of rotatable bonds is 6. The van der Waals surface area contributed by atoms with Crippen molar-refractivity contribution in [3.63, 3.8) is 0 Å². The maximum Gasteiger partial charge on any atom is 0.242 e. The van der Waals surface area contributed by atoms with Gasteiger partial charge in [-0.1, -0.05) is 12.1 Å². The summed E-state index contributed by atoms with van der Waals surface area (Å²) in [5.41, 5.74) is 5.52. The molecule has 2 heterocycles. The van der Waals surface area contributed by atoms with Crippen molar-refractivity contribution >= 4 is 11.8 Å². The van der Waals surface area contributed by atoms with Crippen molar-refractivity contribution in [2.75, 3.05) is 19.0 Å². The van der Waals surface area contributed by atoms with Crippen LogP contribution in [0.2, 0.25) is 0 Å². The molecule has 2 atom stereocenters. The van der Waals surface area contributed by atoms with Crippen LogP contribution in [0.25, 0.3) is 0 Å². The fourth-order valence-electron chi connectivity index (χ4n) is 2.11.